The van der Waals surface area contributed by atoms with Crippen LogP contribution in [-0.2, 0) is 22.6 Å². The third-order valence-corrected chi connectivity index (χ3v) is 8.88. The second-order valence-electron chi connectivity index (χ2n) is 11.3. The number of hydrogen-bond acceptors (Lipinski definition) is 8. The van der Waals surface area contributed by atoms with Crippen molar-refractivity contribution in [2.24, 2.45) is 5.92 Å². The molecule has 1 aliphatic carbocycles. The molecule has 14 heteroatoms. The molecule has 232 valence electrons. The molecule has 1 aliphatic heterocycles. The number of halogens is 3. The summed E-state index contributed by atoms with van der Waals surface area (Å²) in [6, 6.07) is 4.47. The van der Waals surface area contributed by atoms with Crippen molar-refractivity contribution < 1.29 is 31.1 Å². The SMILES string of the molecule is COc1ccc(C(=O)N(C)C2CCN(C)CC2)cc1Nc1ncc(C(F)(F)F)c(C[C@@H]2CCCC[C@H]2NS(C)(=O)=O)n1. The second kappa shape index (κ2) is 13.1. The Bertz CT molecular complexity index is 1370. The van der Waals surface area contributed by atoms with E-state index < -0.39 is 27.8 Å². The van der Waals surface area contributed by atoms with Gasteiger partial charge in [0.1, 0.15) is 5.75 Å². The van der Waals surface area contributed by atoms with Gasteiger partial charge in [-0.05, 0) is 76.4 Å². The molecule has 2 aromatic rings. The van der Waals surface area contributed by atoms with Crippen molar-refractivity contribution in [1.29, 1.82) is 0 Å². The Morgan fingerprint density at radius 1 is 1.17 bits per heavy atom. The van der Waals surface area contributed by atoms with E-state index in [1.54, 1.807) is 30.1 Å². The van der Waals surface area contributed by atoms with Crippen molar-refractivity contribution in [2.45, 2.75) is 63.2 Å². The number of carbonyl (C=O) groups excluding carboxylic acids is 1. The number of methoxy groups -OCH3 is 1. The summed E-state index contributed by atoms with van der Waals surface area (Å²) in [7, 11) is 1.74. The highest BCUT2D eigenvalue weighted by molar-refractivity contribution is 7.88. The Hall–Kier alpha value is -2.97. The van der Waals surface area contributed by atoms with Gasteiger partial charge in [0.25, 0.3) is 5.91 Å². The molecule has 10 nitrogen and oxygen atoms in total. The van der Waals surface area contributed by atoms with Gasteiger partial charge in [-0.15, -0.1) is 0 Å². The zero-order chi connectivity index (χ0) is 30.7. The van der Waals surface area contributed by atoms with Gasteiger partial charge in [-0.2, -0.15) is 13.2 Å². The summed E-state index contributed by atoms with van der Waals surface area (Å²) in [6.07, 6.45) is 1.43. The van der Waals surface area contributed by atoms with E-state index in [1.807, 2.05) is 7.05 Å². The summed E-state index contributed by atoms with van der Waals surface area (Å²) in [6.45, 7) is 1.80. The van der Waals surface area contributed by atoms with Crippen LogP contribution < -0.4 is 14.8 Å². The van der Waals surface area contributed by atoms with Crippen LogP contribution in [0.1, 0.15) is 60.1 Å². The van der Waals surface area contributed by atoms with Gasteiger partial charge in [-0.3, -0.25) is 4.79 Å². The molecule has 2 atom stereocenters. The minimum absolute atomic E-state index is 0.0732. The van der Waals surface area contributed by atoms with Crippen LogP contribution in [0, 0.1) is 5.92 Å². The van der Waals surface area contributed by atoms with Gasteiger partial charge in [0, 0.05) is 30.9 Å². The molecule has 2 heterocycles. The molecule has 1 saturated heterocycles. The van der Waals surface area contributed by atoms with Gasteiger partial charge in [0.05, 0.1) is 30.3 Å². The number of piperidine rings is 1. The van der Waals surface area contributed by atoms with Crippen LogP contribution >= 0.6 is 0 Å². The molecule has 42 heavy (non-hydrogen) atoms. The normalized spacial score (nSPS) is 20.7. The molecule has 1 aromatic heterocycles. The third-order valence-electron chi connectivity index (χ3n) is 8.15. The highest BCUT2D eigenvalue weighted by Gasteiger charge is 2.37. The fourth-order valence-corrected chi connectivity index (χ4v) is 6.67. The molecule has 2 fully saturated rings. The Morgan fingerprint density at radius 2 is 1.86 bits per heavy atom. The molecular formula is C28H39F3N6O4S. The molecule has 1 saturated carbocycles. The van der Waals surface area contributed by atoms with Crippen LogP contribution in [0.3, 0.4) is 0 Å². The van der Waals surface area contributed by atoms with Crippen LogP contribution in [0.25, 0.3) is 0 Å². The summed E-state index contributed by atoms with van der Waals surface area (Å²) >= 11 is 0. The van der Waals surface area contributed by atoms with Crippen molar-refractivity contribution in [3.63, 3.8) is 0 Å². The Kier molecular flexibility index (Phi) is 9.99. The molecule has 2 N–H and O–H groups in total. The summed E-state index contributed by atoms with van der Waals surface area (Å²) in [5, 5.41) is 2.95. The number of carbonyl (C=O) groups is 1. The summed E-state index contributed by atoms with van der Waals surface area (Å²) in [5.74, 6) is -0.259. The minimum Gasteiger partial charge on any atom is -0.495 e. The Morgan fingerprint density at radius 3 is 2.50 bits per heavy atom. The largest absolute Gasteiger partial charge is 0.495 e. The van der Waals surface area contributed by atoms with Gasteiger partial charge in [-0.1, -0.05) is 12.8 Å². The van der Waals surface area contributed by atoms with E-state index in [0.29, 0.717) is 29.8 Å². The number of sulfonamides is 1. The lowest BCUT2D eigenvalue weighted by atomic mass is 9.81. The fourth-order valence-electron chi connectivity index (χ4n) is 5.81. The lowest BCUT2D eigenvalue weighted by molar-refractivity contribution is -0.138. The average molecular weight is 613 g/mol. The molecular weight excluding hydrogens is 573 g/mol. The van der Waals surface area contributed by atoms with Crippen LogP contribution in [0.5, 0.6) is 5.75 Å². The monoisotopic (exact) mass is 612 g/mol. The number of benzene rings is 1. The van der Waals surface area contributed by atoms with Gasteiger partial charge in [0.15, 0.2) is 0 Å². The maximum atomic E-state index is 14.0. The van der Waals surface area contributed by atoms with Crippen molar-refractivity contribution in [3.05, 3.63) is 41.2 Å². The molecule has 0 spiro atoms. The second-order valence-corrected chi connectivity index (χ2v) is 13.1. The highest BCUT2D eigenvalue weighted by atomic mass is 32.2. The first kappa shape index (κ1) is 32.0. The predicted molar refractivity (Wildman–Crippen MR) is 153 cm³/mol. The van der Waals surface area contributed by atoms with E-state index in [2.05, 4.69) is 24.9 Å². The number of hydrogen-bond donors (Lipinski definition) is 2. The molecule has 0 bridgehead atoms. The number of amides is 1. The van der Waals surface area contributed by atoms with E-state index in [9.17, 15) is 26.4 Å². The van der Waals surface area contributed by atoms with E-state index in [1.165, 1.54) is 7.11 Å². The van der Waals surface area contributed by atoms with Crippen LogP contribution in [0.15, 0.2) is 24.4 Å². The van der Waals surface area contributed by atoms with E-state index >= 15 is 0 Å². The number of nitrogens with one attached hydrogen (secondary N) is 2. The lowest BCUT2D eigenvalue weighted by Gasteiger charge is -2.35. The molecule has 4 rings (SSSR count). The first-order valence-corrected chi connectivity index (χ1v) is 16.0. The number of likely N-dealkylation sites (tertiary alicyclic amines) is 1. The van der Waals surface area contributed by atoms with Gasteiger partial charge in [-0.25, -0.2) is 23.1 Å². The van der Waals surface area contributed by atoms with Gasteiger partial charge < -0.3 is 19.9 Å². The number of anilines is 2. The molecule has 0 radical (unpaired) electrons. The van der Waals surface area contributed by atoms with Crippen molar-refractivity contribution >= 4 is 27.6 Å². The number of nitrogens with zero attached hydrogens (tertiary/aromatic N) is 4. The number of ether oxygens (including phenoxy) is 1. The topological polar surface area (TPSA) is 117 Å². The van der Waals surface area contributed by atoms with E-state index in [0.717, 1.165) is 51.2 Å². The van der Waals surface area contributed by atoms with Gasteiger partial charge in [0.2, 0.25) is 16.0 Å². The lowest BCUT2D eigenvalue weighted by Crippen LogP contribution is -2.44. The minimum atomic E-state index is -4.69. The maximum absolute atomic E-state index is 14.0. The van der Waals surface area contributed by atoms with Crippen molar-refractivity contribution in [1.82, 2.24) is 24.5 Å². The molecule has 2 aliphatic rings. The number of alkyl halides is 3. The highest BCUT2D eigenvalue weighted by Crippen LogP contribution is 2.36. The Labute approximate surface area is 245 Å². The summed E-state index contributed by atoms with van der Waals surface area (Å²) in [4.78, 5) is 25.5. The van der Waals surface area contributed by atoms with Crippen LogP contribution in [0.2, 0.25) is 0 Å². The molecule has 1 aromatic carbocycles. The molecule has 1 amide bonds. The zero-order valence-corrected chi connectivity index (χ0v) is 25.2. The predicted octanol–water partition coefficient (Wildman–Crippen LogP) is 4.06. The van der Waals surface area contributed by atoms with Crippen molar-refractivity contribution in [3.8, 4) is 5.75 Å². The first-order chi connectivity index (χ1) is 19.7. The smallest absolute Gasteiger partial charge is 0.419 e. The fraction of sp³-hybridized carbons (Fsp3) is 0.607. The van der Waals surface area contributed by atoms with E-state index in [-0.39, 0.29) is 35.9 Å². The molecule has 0 unspecified atom stereocenters. The van der Waals surface area contributed by atoms with E-state index in [4.69, 9.17) is 4.74 Å². The van der Waals surface area contributed by atoms with Crippen LogP contribution in [0.4, 0.5) is 24.8 Å². The zero-order valence-electron chi connectivity index (χ0n) is 24.4. The summed E-state index contributed by atoms with van der Waals surface area (Å²) < 4.78 is 73.7. The number of rotatable bonds is 9. The van der Waals surface area contributed by atoms with Gasteiger partial charge >= 0.3 is 6.18 Å². The third kappa shape index (κ3) is 8.10. The quantitative estimate of drug-likeness (QED) is 0.436. The standard InChI is InChI=1S/C28H39F3N6O4S/c1-36-13-11-20(12-14-36)37(2)26(38)19-9-10-25(41-3)24(16-19)34-27-32-17-21(28(29,30)31)23(33-27)15-18-7-5-6-8-22(18)35-42(4,39)40/h9-10,16-18,20,22,35H,5-8,11-15H2,1-4H3,(H,32,33,34)/t18-,22+/m0/s1. The maximum Gasteiger partial charge on any atom is 0.419 e. The average Bonchev–Trinajstić information content (AvgIpc) is 2.92. The van der Waals surface area contributed by atoms with Crippen molar-refractivity contribution in [2.75, 3.05) is 45.9 Å². The van der Waals surface area contributed by atoms with Crippen LogP contribution in [-0.4, -0.2) is 86.7 Å². The Balaban J connectivity index is 1.60. The summed E-state index contributed by atoms with van der Waals surface area (Å²) in [5.41, 5.74) is -0.461. The first-order valence-electron chi connectivity index (χ1n) is 14.1. The number of aromatic nitrogens is 2.